The number of anilines is 1. The largest absolute Gasteiger partial charge is 0.326 e. The lowest BCUT2D eigenvalue weighted by Crippen LogP contribution is -2.34. The fourth-order valence-corrected chi connectivity index (χ4v) is 2.73. The van der Waals surface area contributed by atoms with Crippen molar-refractivity contribution in [3.8, 4) is 0 Å². The number of hydrogen-bond donors (Lipinski definition) is 1. The minimum Gasteiger partial charge on any atom is -0.326 e. The molecule has 1 amide bonds. The lowest BCUT2D eigenvalue weighted by atomic mass is 9.95. The summed E-state index contributed by atoms with van der Waals surface area (Å²) in [5.74, 6) is 0.647. The molecule has 1 heterocycles. The highest BCUT2D eigenvalue weighted by Gasteiger charge is 2.19. The summed E-state index contributed by atoms with van der Waals surface area (Å²) in [5, 5.41) is 3.01. The van der Waals surface area contributed by atoms with Crippen molar-refractivity contribution in [3.63, 3.8) is 0 Å². The van der Waals surface area contributed by atoms with E-state index in [1.807, 2.05) is 12.1 Å². The van der Waals surface area contributed by atoms with E-state index in [0.29, 0.717) is 12.3 Å². The molecule has 19 heavy (non-hydrogen) atoms. The lowest BCUT2D eigenvalue weighted by molar-refractivity contribution is -0.117. The number of benzene rings is 1. The molecule has 0 aliphatic carbocycles. The number of carbonyl (C=O) groups is 1. The van der Waals surface area contributed by atoms with Crippen LogP contribution in [0.3, 0.4) is 0 Å². The maximum atomic E-state index is 12.1. The Kier molecular flexibility index (Phi) is 4.59. The monoisotopic (exact) mass is 260 g/mol. The lowest BCUT2D eigenvalue weighted by Gasteiger charge is -2.29. The van der Waals surface area contributed by atoms with Crippen molar-refractivity contribution < 1.29 is 4.79 Å². The first kappa shape index (κ1) is 14.1. The molecule has 1 saturated heterocycles. The van der Waals surface area contributed by atoms with E-state index in [2.05, 4.69) is 37.2 Å². The molecule has 1 aromatic carbocycles. The molecule has 1 aliphatic rings. The Bertz CT molecular complexity index is 456. The zero-order valence-electron chi connectivity index (χ0n) is 12.2. The maximum Gasteiger partial charge on any atom is 0.224 e. The third kappa shape index (κ3) is 4.06. The summed E-state index contributed by atoms with van der Waals surface area (Å²) in [5.41, 5.74) is 3.39. The number of nitrogens with one attached hydrogen (secondary N) is 1. The normalized spacial score (nSPS) is 20.3. The second kappa shape index (κ2) is 6.20. The molecule has 1 fully saturated rings. The zero-order valence-corrected chi connectivity index (χ0v) is 12.2. The molecule has 1 unspecified atom stereocenters. The Morgan fingerprint density at radius 2 is 2.16 bits per heavy atom. The first-order chi connectivity index (χ1) is 9.04. The molecular formula is C16H24N2O. The number of rotatable bonds is 3. The molecular weight excluding hydrogens is 236 g/mol. The number of hydrogen-bond acceptors (Lipinski definition) is 2. The van der Waals surface area contributed by atoms with Crippen molar-refractivity contribution in [2.24, 2.45) is 5.92 Å². The van der Waals surface area contributed by atoms with E-state index in [9.17, 15) is 4.79 Å². The molecule has 3 heteroatoms. The average molecular weight is 260 g/mol. The number of piperidine rings is 1. The molecule has 104 valence electrons. The number of amides is 1. The quantitative estimate of drug-likeness (QED) is 0.906. The molecule has 0 aromatic heterocycles. The van der Waals surface area contributed by atoms with Gasteiger partial charge in [-0.15, -0.1) is 0 Å². The van der Waals surface area contributed by atoms with E-state index in [4.69, 9.17) is 0 Å². The van der Waals surface area contributed by atoms with Gasteiger partial charge in [-0.05, 0) is 69.5 Å². The number of likely N-dealkylation sites (tertiary alicyclic amines) is 1. The highest BCUT2D eigenvalue weighted by molar-refractivity contribution is 5.91. The van der Waals surface area contributed by atoms with Crippen LogP contribution in [0.25, 0.3) is 0 Å². The Labute approximate surface area is 116 Å². The predicted molar refractivity (Wildman–Crippen MR) is 79.4 cm³/mol. The average Bonchev–Trinajstić information content (AvgIpc) is 2.34. The van der Waals surface area contributed by atoms with Crippen LogP contribution in [0, 0.1) is 19.8 Å². The van der Waals surface area contributed by atoms with Crippen LogP contribution in [0.1, 0.15) is 30.4 Å². The summed E-state index contributed by atoms with van der Waals surface area (Å²) in [4.78, 5) is 14.4. The van der Waals surface area contributed by atoms with Gasteiger partial charge in [0.2, 0.25) is 5.91 Å². The third-order valence-electron chi connectivity index (χ3n) is 3.99. The second-order valence-corrected chi connectivity index (χ2v) is 5.82. The van der Waals surface area contributed by atoms with E-state index in [0.717, 1.165) is 18.8 Å². The first-order valence-electron chi connectivity index (χ1n) is 7.10. The second-order valence-electron chi connectivity index (χ2n) is 5.82. The third-order valence-corrected chi connectivity index (χ3v) is 3.99. The smallest absolute Gasteiger partial charge is 0.224 e. The van der Waals surface area contributed by atoms with Gasteiger partial charge < -0.3 is 10.2 Å². The van der Waals surface area contributed by atoms with Crippen LogP contribution in [0.4, 0.5) is 5.69 Å². The highest BCUT2D eigenvalue weighted by atomic mass is 16.1. The van der Waals surface area contributed by atoms with Crippen LogP contribution >= 0.6 is 0 Å². The molecule has 3 nitrogen and oxygen atoms in total. The van der Waals surface area contributed by atoms with Gasteiger partial charge >= 0.3 is 0 Å². The molecule has 0 saturated carbocycles. The van der Waals surface area contributed by atoms with Crippen molar-refractivity contribution in [1.29, 1.82) is 0 Å². The summed E-state index contributed by atoms with van der Waals surface area (Å²) in [6.45, 7) is 6.36. The molecule has 1 aromatic rings. The maximum absolute atomic E-state index is 12.1. The number of carbonyl (C=O) groups excluding carboxylic acids is 1. The standard InChI is InChI=1S/C16H24N2O/c1-12-6-7-15(9-13(12)2)17-16(19)10-14-5-4-8-18(3)11-14/h6-7,9,14H,4-5,8,10-11H2,1-3H3,(H,17,19). The fraction of sp³-hybridized carbons (Fsp3) is 0.562. The molecule has 0 bridgehead atoms. The summed E-state index contributed by atoms with van der Waals surface area (Å²) < 4.78 is 0. The van der Waals surface area contributed by atoms with E-state index in [1.54, 1.807) is 0 Å². The van der Waals surface area contributed by atoms with Crippen LogP contribution in [0.5, 0.6) is 0 Å². The van der Waals surface area contributed by atoms with Gasteiger partial charge in [-0.1, -0.05) is 6.07 Å². The van der Waals surface area contributed by atoms with Gasteiger partial charge in [-0.3, -0.25) is 4.79 Å². The molecule has 0 spiro atoms. The number of aryl methyl sites for hydroxylation is 2. The van der Waals surface area contributed by atoms with Gasteiger partial charge in [0.05, 0.1) is 0 Å². The zero-order chi connectivity index (χ0) is 13.8. The van der Waals surface area contributed by atoms with Crippen LogP contribution in [0.15, 0.2) is 18.2 Å². The Morgan fingerprint density at radius 3 is 2.84 bits per heavy atom. The minimum absolute atomic E-state index is 0.142. The van der Waals surface area contributed by atoms with Gasteiger partial charge in [0.15, 0.2) is 0 Å². The van der Waals surface area contributed by atoms with Crippen LogP contribution in [-0.2, 0) is 4.79 Å². The first-order valence-corrected chi connectivity index (χ1v) is 7.10. The number of nitrogens with zero attached hydrogens (tertiary/aromatic N) is 1. The molecule has 1 N–H and O–H groups in total. The fourth-order valence-electron chi connectivity index (χ4n) is 2.73. The Morgan fingerprint density at radius 1 is 1.37 bits per heavy atom. The van der Waals surface area contributed by atoms with Crippen molar-refractivity contribution in [1.82, 2.24) is 4.90 Å². The topological polar surface area (TPSA) is 32.3 Å². The van der Waals surface area contributed by atoms with Crippen LogP contribution in [-0.4, -0.2) is 30.9 Å². The summed E-state index contributed by atoms with van der Waals surface area (Å²) >= 11 is 0. The molecule has 1 atom stereocenters. The SMILES string of the molecule is Cc1ccc(NC(=O)CC2CCCN(C)C2)cc1C. The Hall–Kier alpha value is -1.35. The summed E-state index contributed by atoms with van der Waals surface area (Å²) in [6.07, 6.45) is 3.01. The van der Waals surface area contributed by atoms with Crippen molar-refractivity contribution in [2.45, 2.75) is 33.1 Å². The van der Waals surface area contributed by atoms with Crippen molar-refractivity contribution in [2.75, 3.05) is 25.5 Å². The molecule has 2 rings (SSSR count). The van der Waals surface area contributed by atoms with E-state index >= 15 is 0 Å². The van der Waals surface area contributed by atoms with Crippen molar-refractivity contribution in [3.05, 3.63) is 29.3 Å². The molecule has 1 aliphatic heterocycles. The minimum atomic E-state index is 0.142. The highest BCUT2D eigenvalue weighted by Crippen LogP contribution is 2.20. The van der Waals surface area contributed by atoms with Gasteiger partial charge in [0, 0.05) is 18.7 Å². The van der Waals surface area contributed by atoms with Gasteiger partial charge in [-0.2, -0.15) is 0 Å². The Balaban J connectivity index is 1.88. The molecule has 0 radical (unpaired) electrons. The van der Waals surface area contributed by atoms with Gasteiger partial charge in [0.25, 0.3) is 0 Å². The van der Waals surface area contributed by atoms with Crippen LogP contribution < -0.4 is 5.32 Å². The van der Waals surface area contributed by atoms with E-state index in [1.165, 1.54) is 24.0 Å². The predicted octanol–water partition coefficient (Wildman–Crippen LogP) is 2.97. The van der Waals surface area contributed by atoms with Gasteiger partial charge in [-0.25, -0.2) is 0 Å². The summed E-state index contributed by atoms with van der Waals surface area (Å²) in [6, 6.07) is 6.08. The van der Waals surface area contributed by atoms with Gasteiger partial charge in [0.1, 0.15) is 0 Å². The van der Waals surface area contributed by atoms with Crippen LogP contribution in [0.2, 0.25) is 0 Å². The van der Waals surface area contributed by atoms with E-state index < -0.39 is 0 Å². The summed E-state index contributed by atoms with van der Waals surface area (Å²) in [7, 11) is 2.13. The van der Waals surface area contributed by atoms with Crippen molar-refractivity contribution >= 4 is 11.6 Å². The van der Waals surface area contributed by atoms with E-state index in [-0.39, 0.29) is 5.91 Å².